The third kappa shape index (κ3) is 5.58. The van der Waals surface area contributed by atoms with E-state index in [2.05, 4.69) is 20.7 Å². The molecule has 0 unspecified atom stereocenters. The van der Waals surface area contributed by atoms with E-state index in [0.717, 1.165) is 17.1 Å². The predicted molar refractivity (Wildman–Crippen MR) is 113 cm³/mol. The molecule has 0 saturated heterocycles. The maximum atomic E-state index is 12.0. The number of allylic oxidation sites excluding steroid dienone is 1. The van der Waals surface area contributed by atoms with Crippen LogP contribution in [0, 0.1) is 0 Å². The minimum Gasteiger partial charge on any atom is -0.497 e. The Hall–Kier alpha value is -3.33. The largest absolute Gasteiger partial charge is 0.497 e. The minimum atomic E-state index is -0.228. The van der Waals surface area contributed by atoms with E-state index in [1.165, 1.54) is 18.0 Å². The summed E-state index contributed by atoms with van der Waals surface area (Å²) in [5, 5.41) is 13.0. The second-order valence-electron chi connectivity index (χ2n) is 5.76. The van der Waals surface area contributed by atoms with Gasteiger partial charge in [0.2, 0.25) is 0 Å². The number of aromatic nitrogens is 3. The van der Waals surface area contributed by atoms with E-state index in [0.29, 0.717) is 17.5 Å². The van der Waals surface area contributed by atoms with Gasteiger partial charge in [-0.05, 0) is 55.5 Å². The van der Waals surface area contributed by atoms with Crippen LogP contribution in [0.5, 0.6) is 5.75 Å². The second kappa shape index (κ2) is 10.3. The van der Waals surface area contributed by atoms with Crippen molar-refractivity contribution in [3.8, 4) is 17.1 Å². The fourth-order valence-electron chi connectivity index (χ4n) is 2.47. The van der Waals surface area contributed by atoms with Crippen molar-refractivity contribution in [2.24, 2.45) is 5.10 Å². The van der Waals surface area contributed by atoms with Crippen molar-refractivity contribution in [2.75, 3.05) is 12.9 Å². The standard InChI is InChI=1S/C20H21N5O3S/c1-3-25-19(15-8-10-16(27-2)11-9-15)23-24-20(25)29-14-18(26)22-21-12-4-6-17-7-5-13-28-17/h4-13H,3,14H2,1-2H3,(H,22,26)/b6-4+,21-12-. The summed E-state index contributed by atoms with van der Waals surface area (Å²) in [4.78, 5) is 12.0. The number of nitrogens with one attached hydrogen (secondary N) is 1. The highest BCUT2D eigenvalue weighted by Crippen LogP contribution is 2.25. The molecule has 1 N–H and O–H groups in total. The van der Waals surface area contributed by atoms with Crippen LogP contribution in [0.3, 0.4) is 0 Å². The maximum absolute atomic E-state index is 12.0. The summed E-state index contributed by atoms with van der Waals surface area (Å²) in [5.41, 5.74) is 3.41. The smallest absolute Gasteiger partial charge is 0.250 e. The lowest BCUT2D eigenvalue weighted by Crippen LogP contribution is -2.19. The maximum Gasteiger partial charge on any atom is 0.250 e. The molecule has 0 aliphatic rings. The van der Waals surface area contributed by atoms with Crippen LogP contribution in [0.4, 0.5) is 0 Å². The Kier molecular flexibility index (Phi) is 7.23. The number of rotatable bonds is 9. The Morgan fingerprint density at radius 1 is 1.31 bits per heavy atom. The van der Waals surface area contributed by atoms with Crippen molar-refractivity contribution in [1.82, 2.24) is 20.2 Å². The zero-order chi connectivity index (χ0) is 20.5. The fourth-order valence-corrected chi connectivity index (χ4v) is 3.27. The molecule has 1 amide bonds. The molecule has 0 spiro atoms. The molecular formula is C20H21N5O3S. The van der Waals surface area contributed by atoms with Crippen LogP contribution in [0.15, 0.2) is 63.4 Å². The Balaban J connectivity index is 1.54. The van der Waals surface area contributed by atoms with Gasteiger partial charge in [-0.3, -0.25) is 4.79 Å². The fraction of sp³-hybridized carbons (Fsp3) is 0.200. The van der Waals surface area contributed by atoms with Crippen molar-refractivity contribution >= 4 is 30.0 Å². The Morgan fingerprint density at radius 2 is 2.14 bits per heavy atom. The van der Waals surface area contributed by atoms with E-state index in [1.807, 2.05) is 41.8 Å². The SMILES string of the molecule is CCn1c(SCC(=O)N/N=C\C=C\c2ccco2)nnc1-c1ccc(OC)cc1. The number of carbonyl (C=O) groups is 1. The van der Waals surface area contributed by atoms with E-state index in [4.69, 9.17) is 9.15 Å². The van der Waals surface area contributed by atoms with Gasteiger partial charge in [0.05, 0.1) is 19.1 Å². The van der Waals surface area contributed by atoms with Crippen LogP contribution >= 0.6 is 11.8 Å². The summed E-state index contributed by atoms with van der Waals surface area (Å²) >= 11 is 1.31. The van der Waals surface area contributed by atoms with Gasteiger partial charge in [-0.25, -0.2) is 5.43 Å². The van der Waals surface area contributed by atoms with Gasteiger partial charge in [0.1, 0.15) is 11.5 Å². The molecule has 1 aromatic carbocycles. The number of nitrogens with zero attached hydrogens (tertiary/aromatic N) is 4. The average Bonchev–Trinajstić information content (AvgIpc) is 3.41. The van der Waals surface area contributed by atoms with Crippen LogP contribution in [0.25, 0.3) is 17.5 Å². The van der Waals surface area contributed by atoms with E-state index in [1.54, 1.807) is 31.6 Å². The Morgan fingerprint density at radius 3 is 2.83 bits per heavy atom. The lowest BCUT2D eigenvalue weighted by atomic mass is 10.2. The molecule has 29 heavy (non-hydrogen) atoms. The van der Waals surface area contributed by atoms with Gasteiger partial charge in [0.15, 0.2) is 11.0 Å². The molecule has 8 nitrogen and oxygen atoms in total. The van der Waals surface area contributed by atoms with Gasteiger partial charge in [-0.2, -0.15) is 5.10 Å². The lowest BCUT2D eigenvalue weighted by Gasteiger charge is -2.07. The number of carbonyl (C=O) groups excluding carboxylic acids is 1. The van der Waals surface area contributed by atoms with Gasteiger partial charge in [0.25, 0.3) is 5.91 Å². The molecule has 2 heterocycles. The van der Waals surface area contributed by atoms with Crippen LogP contribution in [-0.4, -0.2) is 39.7 Å². The monoisotopic (exact) mass is 411 g/mol. The van der Waals surface area contributed by atoms with E-state index >= 15 is 0 Å². The third-order valence-corrected chi connectivity index (χ3v) is 4.83. The first-order chi connectivity index (χ1) is 14.2. The number of furan rings is 1. The summed E-state index contributed by atoms with van der Waals surface area (Å²) in [6, 6.07) is 11.2. The van der Waals surface area contributed by atoms with Gasteiger partial charge in [-0.1, -0.05) is 11.8 Å². The summed E-state index contributed by atoms with van der Waals surface area (Å²) in [7, 11) is 1.63. The summed E-state index contributed by atoms with van der Waals surface area (Å²) in [6.07, 6.45) is 6.50. The number of hydrazone groups is 1. The molecule has 0 saturated carbocycles. The average molecular weight is 411 g/mol. The Labute approximate surface area is 172 Å². The Bertz CT molecular complexity index is 978. The third-order valence-electron chi connectivity index (χ3n) is 3.87. The van der Waals surface area contributed by atoms with Crippen LogP contribution in [0.1, 0.15) is 12.7 Å². The number of methoxy groups -OCH3 is 1. The van der Waals surface area contributed by atoms with Crippen molar-refractivity contribution < 1.29 is 13.9 Å². The van der Waals surface area contributed by atoms with E-state index in [9.17, 15) is 4.79 Å². The first kappa shape index (κ1) is 20.4. The van der Waals surface area contributed by atoms with Gasteiger partial charge in [0, 0.05) is 18.3 Å². The van der Waals surface area contributed by atoms with Crippen LogP contribution < -0.4 is 10.2 Å². The number of benzene rings is 1. The molecule has 0 aliphatic carbocycles. The van der Waals surface area contributed by atoms with E-state index < -0.39 is 0 Å². The highest BCUT2D eigenvalue weighted by atomic mass is 32.2. The number of hydrogen-bond acceptors (Lipinski definition) is 7. The minimum absolute atomic E-state index is 0.181. The summed E-state index contributed by atoms with van der Waals surface area (Å²) < 4.78 is 12.3. The summed E-state index contributed by atoms with van der Waals surface area (Å²) in [6.45, 7) is 2.70. The lowest BCUT2D eigenvalue weighted by molar-refractivity contribution is -0.118. The molecule has 0 aliphatic heterocycles. The molecule has 3 rings (SSSR count). The second-order valence-corrected chi connectivity index (χ2v) is 6.70. The van der Waals surface area contributed by atoms with Gasteiger partial charge < -0.3 is 13.7 Å². The predicted octanol–water partition coefficient (Wildman–Crippen LogP) is 3.47. The van der Waals surface area contributed by atoms with Crippen LogP contribution in [0.2, 0.25) is 0 Å². The molecule has 0 bridgehead atoms. The van der Waals surface area contributed by atoms with Crippen molar-refractivity contribution in [3.05, 3.63) is 54.5 Å². The first-order valence-electron chi connectivity index (χ1n) is 8.93. The molecule has 3 aromatic rings. The van der Waals surface area contributed by atoms with Crippen molar-refractivity contribution in [2.45, 2.75) is 18.6 Å². The number of hydrogen-bond donors (Lipinski definition) is 1. The summed E-state index contributed by atoms with van der Waals surface area (Å²) in [5.74, 6) is 2.19. The van der Waals surface area contributed by atoms with Gasteiger partial charge in [-0.15, -0.1) is 10.2 Å². The molecule has 150 valence electrons. The molecule has 0 fully saturated rings. The number of ether oxygens (including phenoxy) is 1. The molecule has 9 heteroatoms. The zero-order valence-electron chi connectivity index (χ0n) is 16.1. The number of thioether (sulfide) groups is 1. The zero-order valence-corrected chi connectivity index (χ0v) is 16.9. The van der Waals surface area contributed by atoms with Gasteiger partial charge >= 0.3 is 0 Å². The molecular weight excluding hydrogens is 390 g/mol. The van der Waals surface area contributed by atoms with E-state index in [-0.39, 0.29) is 11.7 Å². The highest BCUT2D eigenvalue weighted by Gasteiger charge is 2.14. The quantitative estimate of drug-likeness (QED) is 0.329. The molecule has 0 atom stereocenters. The first-order valence-corrected chi connectivity index (χ1v) is 9.92. The van der Waals surface area contributed by atoms with Crippen LogP contribution in [-0.2, 0) is 11.3 Å². The highest BCUT2D eigenvalue weighted by molar-refractivity contribution is 7.99. The topological polar surface area (TPSA) is 94.5 Å². The normalized spacial score (nSPS) is 11.4. The van der Waals surface area contributed by atoms with Crippen molar-refractivity contribution in [3.63, 3.8) is 0 Å². The van der Waals surface area contributed by atoms with Crippen molar-refractivity contribution in [1.29, 1.82) is 0 Å². The molecule has 2 aromatic heterocycles. The molecule has 0 radical (unpaired) electrons. The number of amides is 1.